The van der Waals surface area contributed by atoms with Gasteiger partial charge in [-0.2, -0.15) is 5.26 Å². The molecule has 128 valence electrons. The fourth-order valence-corrected chi connectivity index (χ4v) is 2.20. The summed E-state index contributed by atoms with van der Waals surface area (Å²) in [7, 11) is 0. The molecule has 0 bridgehead atoms. The Balaban J connectivity index is 1.74. The van der Waals surface area contributed by atoms with E-state index in [1.807, 2.05) is 6.07 Å². The number of amides is 1. The number of nitrogens with zero attached hydrogens (tertiary/aromatic N) is 2. The van der Waals surface area contributed by atoms with Gasteiger partial charge in [-0.05, 0) is 42.5 Å². The molecule has 1 heterocycles. The fraction of sp³-hybridized carbons (Fsp3) is 0. The van der Waals surface area contributed by atoms with E-state index in [0.717, 1.165) is 17.8 Å². The van der Waals surface area contributed by atoms with Crippen LogP contribution in [0.5, 0.6) is 0 Å². The average Bonchev–Trinajstić information content (AvgIpc) is 2.65. The van der Waals surface area contributed by atoms with Gasteiger partial charge in [0.05, 0.1) is 29.1 Å². The van der Waals surface area contributed by atoms with E-state index >= 15 is 0 Å². The van der Waals surface area contributed by atoms with Gasteiger partial charge in [-0.3, -0.25) is 9.78 Å². The van der Waals surface area contributed by atoms with Crippen molar-refractivity contribution in [2.45, 2.75) is 0 Å². The molecular formula is C19H12F2N4O. The molecule has 0 aliphatic heterocycles. The molecule has 2 aromatic carbocycles. The molecule has 1 amide bonds. The van der Waals surface area contributed by atoms with Crippen molar-refractivity contribution in [2.24, 2.45) is 0 Å². The summed E-state index contributed by atoms with van der Waals surface area (Å²) in [6.45, 7) is 0. The van der Waals surface area contributed by atoms with Crippen molar-refractivity contribution in [1.29, 1.82) is 5.26 Å². The zero-order valence-electron chi connectivity index (χ0n) is 13.3. The Morgan fingerprint density at radius 2 is 1.65 bits per heavy atom. The number of halogens is 2. The van der Waals surface area contributed by atoms with Crippen molar-refractivity contribution >= 4 is 23.0 Å². The van der Waals surface area contributed by atoms with E-state index in [-0.39, 0.29) is 11.3 Å². The fourth-order valence-electron chi connectivity index (χ4n) is 2.20. The van der Waals surface area contributed by atoms with Crippen molar-refractivity contribution in [3.63, 3.8) is 0 Å². The molecular weight excluding hydrogens is 338 g/mol. The molecule has 0 spiro atoms. The lowest BCUT2D eigenvalue weighted by Gasteiger charge is -2.09. The predicted octanol–water partition coefficient (Wildman–Crippen LogP) is 4.23. The van der Waals surface area contributed by atoms with Crippen molar-refractivity contribution in [3.05, 3.63) is 83.7 Å². The number of aromatic nitrogens is 1. The third-order valence-corrected chi connectivity index (χ3v) is 3.48. The summed E-state index contributed by atoms with van der Waals surface area (Å²) in [5.41, 5.74) is 2.21. The molecule has 7 heteroatoms. The largest absolute Gasteiger partial charge is 0.354 e. The van der Waals surface area contributed by atoms with Crippen molar-refractivity contribution < 1.29 is 13.6 Å². The zero-order chi connectivity index (χ0) is 18.5. The number of rotatable bonds is 4. The van der Waals surface area contributed by atoms with Crippen LogP contribution in [0.3, 0.4) is 0 Å². The number of carbonyl (C=O) groups is 1. The molecule has 3 aromatic rings. The first kappa shape index (κ1) is 17.0. The maximum absolute atomic E-state index is 13.2. The van der Waals surface area contributed by atoms with Crippen LogP contribution in [0.2, 0.25) is 0 Å². The molecule has 0 aliphatic carbocycles. The molecule has 0 fully saturated rings. The Morgan fingerprint density at radius 3 is 2.35 bits per heavy atom. The van der Waals surface area contributed by atoms with Gasteiger partial charge in [0, 0.05) is 23.6 Å². The van der Waals surface area contributed by atoms with Crippen molar-refractivity contribution in [1.82, 2.24) is 4.98 Å². The van der Waals surface area contributed by atoms with Crippen LogP contribution in [0.25, 0.3) is 0 Å². The molecule has 3 rings (SSSR count). The number of nitriles is 1. The summed E-state index contributed by atoms with van der Waals surface area (Å²) < 4.78 is 26.2. The van der Waals surface area contributed by atoms with Crippen LogP contribution in [0.4, 0.5) is 25.8 Å². The minimum Gasteiger partial charge on any atom is -0.354 e. The van der Waals surface area contributed by atoms with E-state index in [9.17, 15) is 13.6 Å². The van der Waals surface area contributed by atoms with Gasteiger partial charge in [0.2, 0.25) is 0 Å². The molecule has 0 saturated carbocycles. The van der Waals surface area contributed by atoms with Gasteiger partial charge in [0.1, 0.15) is 0 Å². The van der Waals surface area contributed by atoms with Crippen molar-refractivity contribution in [3.8, 4) is 6.07 Å². The Kier molecular flexibility index (Phi) is 4.85. The van der Waals surface area contributed by atoms with Crippen LogP contribution < -0.4 is 10.6 Å². The molecule has 5 nitrogen and oxygen atoms in total. The highest BCUT2D eigenvalue weighted by Gasteiger charge is 2.10. The molecule has 2 N–H and O–H groups in total. The number of pyridine rings is 1. The van der Waals surface area contributed by atoms with Crippen LogP contribution in [0.1, 0.15) is 15.9 Å². The predicted molar refractivity (Wildman–Crippen MR) is 93.0 cm³/mol. The SMILES string of the molecule is N#Cc1ccc(Nc2cncc(C(=O)Nc3ccc(F)c(F)c3)c2)cc1. The van der Waals surface area contributed by atoms with Gasteiger partial charge in [-0.15, -0.1) is 0 Å². The van der Waals surface area contributed by atoms with Gasteiger partial charge in [-0.25, -0.2) is 8.78 Å². The Morgan fingerprint density at radius 1 is 0.923 bits per heavy atom. The third-order valence-electron chi connectivity index (χ3n) is 3.48. The summed E-state index contributed by atoms with van der Waals surface area (Å²) >= 11 is 0. The lowest BCUT2D eigenvalue weighted by molar-refractivity contribution is 0.102. The number of carbonyl (C=O) groups excluding carboxylic acids is 1. The van der Waals surface area contributed by atoms with Gasteiger partial charge in [0.15, 0.2) is 11.6 Å². The quantitative estimate of drug-likeness (QED) is 0.738. The molecule has 0 unspecified atom stereocenters. The number of hydrogen-bond acceptors (Lipinski definition) is 4. The summed E-state index contributed by atoms with van der Waals surface area (Å²) in [5.74, 6) is -2.54. The van der Waals surface area contributed by atoms with Gasteiger partial charge >= 0.3 is 0 Å². The first-order chi connectivity index (χ1) is 12.5. The molecule has 0 atom stereocenters. The van der Waals surface area contributed by atoms with E-state index in [1.54, 1.807) is 30.3 Å². The summed E-state index contributed by atoms with van der Waals surface area (Å²) in [4.78, 5) is 16.3. The first-order valence-corrected chi connectivity index (χ1v) is 7.54. The molecule has 0 radical (unpaired) electrons. The third kappa shape index (κ3) is 3.99. The maximum atomic E-state index is 13.2. The number of benzene rings is 2. The smallest absolute Gasteiger partial charge is 0.257 e. The first-order valence-electron chi connectivity index (χ1n) is 7.54. The maximum Gasteiger partial charge on any atom is 0.257 e. The van der Waals surface area contributed by atoms with E-state index in [1.165, 1.54) is 18.5 Å². The van der Waals surface area contributed by atoms with Gasteiger partial charge in [-0.1, -0.05) is 0 Å². The number of nitrogens with one attached hydrogen (secondary N) is 2. The second-order valence-corrected chi connectivity index (χ2v) is 5.36. The zero-order valence-corrected chi connectivity index (χ0v) is 13.3. The van der Waals surface area contributed by atoms with E-state index in [2.05, 4.69) is 15.6 Å². The highest BCUT2D eigenvalue weighted by Crippen LogP contribution is 2.19. The monoisotopic (exact) mass is 350 g/mol. The van der Waals surface area contributed by atoms with E-state index in [4.69, 9.17) is 5.26 Å². The molecule has 1 aromatic heterocycles. The van der Waals surface area contributed by atoms with Crippen molar-refractivity contribution in [2.75, 3.05) is 10.6 Å². The topological polar surface area (TPSA) is 77.8 Å². The minimum atomic E-state index is -1.04. The minimum absolute atomic E-state index is 0.138. The van der Waals surface area contributed by atoms with Crippen LogP contribution in [0.15, 0.2) is 60.9 Å². The Labute approximate surface area is 147 Å². The van der Waals surface area contributed by atoms with Crippen LogP contribution in [-0.2, 0) is 0 Å². The second-order valence-electron chi connectivity index (χ2n) is 5.36. The molecule has 0 aliphatic rings. The molecule has 0 saturated heterocycles. The number of hydrogen-bond donors (Lipinski definition) is 2. The van der Waals surface area contributed by atoms with E-state index < -0.39 is 17.5 Å². The standard InChI is InChI=1S/C19H12F2N4O/c20-17-6-5-15(8-18(17)21)25-19(26)13-7-16(11-23-10-13)24-14-3-1-12(9-22)2-4-14/h1-8,10-11,24H,(H,25,26). The Hall–Kier alpha value is -3.79. The van der Waals surface area contributed by atoms with E-state index in [0.29, 0.717) is 11.3 Å². The lowest BCUT2D eigenvalue weighted by atomic mass is 10.2. The van der Waals surface area contributed by atoms with Crippen LogP contribution in [0, 0.1) is 23.0 Å². The highest BCUT2D eigenvalue weighted by atomic mass is 19.2. The average molecular weight is 350 g/mol. The van der Waals surface area contributed by atoms with Crippen LogP contribution >= 0.6 is 0 Å². The summed E-state index contributed by atoms with van der Waals surface area (Å²) in [6, 6.07) is 13.5. The van der Waals surface area contributed by atoms with Crippen LogP contribution in [-0.4, -0.2) is 10.9 Å². The molecule has 26 heavy (non-hydrogen) atoms. The summed E-state index contributed by atoms with van der Waals surface area (Å²) in [6.07, 6.45) is 2.89. The number of anilines is 3. The second kappa shape index (κ2) is 7.40. The Bertz CT molecular complexity index is 997. The van der Waals surface area contributed by atoms with Gasteiger partial charge in [0.25, 0.3) is 5.91 Å². The lowest BCUT2D eigenvalue weighted by Crippen LogP contribution is -2.12. The summed E-state index contributed by atoms with van der Waals surface area (Å²) in [5, 5.41) is 14.4. The normalized spacial score (nSPS) is 10.0. The highest BCUT2D eigenvalue weighted by molar-refractivity contribution is 6.04. The van der Waals surface area contributed by atoms with Gasteiger partial charge < -0.3 is 10.6 Å².